The molecule has 33 heavy (non-hydrogen) atoms. The minimum atomic E-state index is -0.347. The zero-order valence-electron chi connectivity index (χ0n) is 19.5. The number of amides is 2. The number of carbonyl (C=O) groups is 2. The Morgan fingerprint density at radius 3 is 2.58 bits per heavy atom. The number of carbonyl (C=O) groups excluding carboxylic acids is 2. The van der Waals surface area contributed by atoms with Crippen LogP contribution in [0, 0.1) is 11.8 Å². The number of rotatable bonds is 8. The van der Waals surface area contributed by atoms with Gasteiger partial charge in [0, 0.05) is 31.6 Å². The SMILES string of the molecule is COc1cccc(C(NC(=O)C2CCN(C(=O)CCC3CCCC3)CC2)c2ccccn2)c1. The van der Waals surface area contributed by atoms with Gasteiger partial charge in [-0.25, -0.2) is 0 Å². The van der Waals surface area contributed by atoms with Gasteiger partial charge >= 0.3 is 0 Å². The molecule has 2 aliphatic rings. The summed E-state index contributed by atoms with van der Waals surface area (Å²) in [6.45, 7) is 1.32. The molecule has 1 saturated heterocycles. The van der Waals surface area contributed by atoms with E-state index in [9.17, 15) is 9.59 Å². The molecule has 2 amide bonds. The molecule has 0 bridgehead atoms. The average Bonchev–Trinajstić information content (AvgIpc) is 3.40. The molecule has 176 valence electrons. The van der Waals surface area contributed by atoms with E-state index < -0.39 is 0 Å². The minimum absolute atomic E-state index is 0.0199. The van der Waals surface area contributed by atoms with E-state index in [1.165, 1.54) is 25.7 Å². The Balaban J connectivity index is 1.35. The van der Waals surface area contributed by atoms with Crippen LogP contribution in [0.15, 0.2) is 48.7 Å². The minimum Gasteiger partial charge on any atom is -0.497 e. The van der Waals surface area contributed by atoms with Gasteiger partial charge in [0.2, 0.25) is 11.8 Å². The first kappa shape index (κ1) is 23.3. The van der Waals surface area contributed by atoms with Crippen LogP contribution in [-0.2, 0) is 9.59 Å². The molecule has 2 heterocycles. The van der Waals surface area contributed by atoms with Gasteiger partial charge in [0.05, 0.1) is 18.8 Å². The van der Waals surface area contributed by atoms with Crippen LogP contribution >= 0.6 is 0 Å². The molecule has 4 rings (SSSR count). The smallest absolute Gasteiger partial charge is 0.224 e. The largest absolute Gasteiger partial charge is 0.497 e. The second kappa shape index (κ2) is 11.3. The molecule has 2 fully saturated rings. The van der Waals surface area contributed by atoms with E-state index in [4.69, 9.17) is 4.74 Å². The molecule has 1 aliphatic heterocycles. The van der Waals surface area contributed by atoms with Crippen molar-refractivity contribution in [1.29, 1.82) is 0 Å². The van der Waals surface area contributed by atoms with E-state index in [0.717, 1.165) is 29.3 Å². The number of likely N-dealkylation sites (tertiary alicyclic amines) is 1. The lowest BCUT2D eigenvalue weighted by atomic mass is 9.93. The van der Waals surface area contributed by atoms with Crippen molar-refractivity contribution in [1.82, 2.24) is 15.2 Å². The monoisotopic (exact) mass is 449 g/mol. The maximum atomic E-state index is 13.2. The topological polar surface area (TPSA) is 71.5 Å². The molecule has 6 heteroatoms. The summed E-state index contributed by atoms with van der Waals surface area (Å²) >= 11 is 0. The number of aromatic nitrogens is 1. The van der Waals surface area contributed by atoms with Gasteiger partial charge in [-0.2, -0.15) is 0 Å². The highest BCUT2D eigenvalue weighted by Gasteiger charge is 2.30. The van der Waals surface area contributed by atoms with E-state index in [0.29, 0.717) is 32.4 Å². The number of hydrogen-bond donors (Lipinski definition) is 1. The molecule has 0 radical (unpaired) electrons. The second-order valence-corrected chi connectivity index (χ2v) is 9.32. The van der Waals surface area contributed by atoms with Crippen molar-refractivity contribution in [3.63, 3.8) is 0 Å². The standard InChI is InChI=1S/C27H35N3O3/c1-33-23-10-6-9-22(19-23)26(24-11-4-5-16-28-24)29-27(32)21-14-17-30(18-15-21)25(31)13-12-20-7-2-3-8-20/h4-6,9-11,16,19-21,26H,2-3,7-8,12-15,17-18H2,1H3,(H,29,32). The Hall–Kier alpha value is -2.89. The Morgan fingerprint density at radius 2 is 1.88 bits per heavy atom. The molecule has 1 saturated carbocycles. The number of hydrogen-bond acceptors (Lipinski definition) is 4. The maximum absolute atomic E-state index is 13.2. The molecule has 1 atom stereocenters. The van der Waals surface area contributed by atoms with E-state index in [2.05, 4.69) is 10.3 Å². The number of ether oxygens (including phenoxy) is 1. The third-order valence-corrected chi connectivity index (χ3v) is 7.16. The van der Waals surface area contributed by atoms with E-state index in [-0.39, 0.29) is 23.8 Å². The summed E-state index contributed by atoms with van der Waals surface area (Å²) in [5.41, 5.74) is 1.72. The van der Waals surface area contributed by atoms with Crippen LogP contribution in [0.3, 0.4) is 0 Å². The first-order valence-corrected chi connectivity index (χ1v) is 12.3. The number of nitrogens with zero attached hydrogens (tertiary/aromatic N) is 2. The summed E-state index contributed by atoms with van der Waals surface area (Å²) in [4.78, 5) is 32.3. The second-order valence-electron chi connectivity index (χ2n) is 9.32. The summed E-state index contributed by atoms with van der Waals surface area (Å²) in [7, 11) is 1.64. The fraction of sp³-hybridized carbons (Fsp3) is 0.519. The van der Waals surface area contributed by atoms with Crippen LogP contribution < -0.4 is 10.1 Å². The van der Waals surface area contributed by atoms with Crippen molar-refractivity contribution in [2.45, 2.75) is 57.4 Å². The predicted octanol–water partition coefficient (Wildman–Crippen LogP) is 4.50. The van der Waals surface area contributed by atoms with Crippen molar-refractivity contribution in [2.75, 3.05) is 20.2 Å². The summed E-state index contributed by atoms with van der Waals surface area (Å²) in [6, 6.07) is 13.1. The molecule has 6 nitrogen and oxygen atoms in total. The molecule has 0 spiro atoms. The van der Waals surface area contributed by atoms with Gasteiger partial charge in [-0.15, -0.1) is 0 Å². The van der Waals surface area contributed by atoms with E-state index >= 15 is 0 Å². The predicted molar refractivity (Wildman–Crippen MR) is 128 cm³/mol. The van der Waals surface area contributed by atoms with Gasteiger partial charge in [0.25, 0.3) is 0 Å². The van der Waals surface area contributed by atoms with E-state index in [1.807, 2.05) is 47.4 Å². The Labute approximate surface area is 196 Å². The van der Waals surface area contributed by atoms with Gasteiger partial charge in [-0.05, 0) is 55.0 Å². The number of methoxy groups -OCH3 is 1. The number of benzene rings is 1. The van der Waals surface area contributed by atoms with Crippen molar-refractivity contribution in [3.05, 3.63) is 59.9 Å². The molecule has 2 aromatic rings. The van der Waals surface area contributed by atoms with Crippen molar-refractivity contribution in [3.8, 4) is 5.75 Å². The fourth-order valence-corrected chi connectivity index (χ4v) is 5.13. The summed E-state index contributed by atoms with van der Waals surface area (Å²) < 4.78 is 5.38. The number of pyridine rings is 1. The zero-order chi connectivity index (χ0) is 23.0. The first-order valence-electron chi connectivity index (χ1n) is 12.3. The summed E-state index contributed by atoms with van der Waals surface area (Å²) in [6.07, 6.45) is 10.0. The van der Waals surface area contributed by atoms with Gasteiger partial charge in [-0.1, -0.05) is 43.9 Å². The quantitative estimate of drug-likeness (QED) is 0.644. The lowest BCUT2D eigenvalue weighted by Crippen LogP contribution is -2.44. The molecule has 1 aliphatic carbocycles. The van der Waals surface area contributed by atoms with Crippen molar-refractivity contribution >= 4 is 11.8 Å². The van der Waals surface area contributed by atoms with Crippen LogP contribution in [0.2, 0.25) is 0 Å². The molecular formula is C27H35N3O3. The average molecular weight is 450 g/mol. The highest BCUT2D eigenvalue weighted by Crippen LogP contribution is 2.29. The van der Waals surface area contributed by atoms with Gasteiger partial charge in [0.1, 0.15) is 5.75 Å². The Bertz CT molecular complexity index is 919. The van der Waals surface area contributed by atoms with E-state index in [1.54, 1.807) is 13.3 Å². The number of piperidine rings is 1. The Morgan fingerprint density at radius 1 is 1.09 bits per heavy atom. The normalized spacial score (nSPS) is 18.2. The highest BCUT2D eigenvalue weighted by atomic mass is 16.5. The van der Waals surface area contributed by atoms with Gasteiger partial charge < -0.3 is 15.0 Å². The van der Waals surface area contributed by atoms with Crippen LogP contribution in [0.5, 0.6) is 5.75 Å². The van der Waals surface area contributed by atoms with Crippen LogP contribution in [0.4, 0.5) is 0 Å². The summed E-state index contributed by atoms with van der Waals surface area (Å²) in [5.74, 6) is 1.65. The third kappa shape index (κ3) is 6.12. The van der Waals surface area contributed by atoms with Crippen LogP contribution in [0.25, 0.3) is 0 Å². The molecular weight excluding hydrogens is 414 g/mol. The van der Waals surface area contributed by atoms with Crippen LogP contribution in [0.1, 0.15) is 68.7 Å². The molecule has 1 aromatic carbocycles. The lowest BCUT2D eigenvalue weighted by Gasteiger charge is -2.32. The van der Waals surface area contributed by atoms with Crippen molar-refractivity contribution < 1.29 is 14.3 Å². The van der Waals surface area contributed by atoms with Crippen LogP contribution in [-0.4, -0.2) is 41.9 Å². The highest BCUT2D eigenvalue weighted by molar-refractivity contribution is 5.80. The number of nitrogens with one attached hydrogen (secondary N) is 1. The zero-order valence-corrected chi connectivity index (χ0v) is 19.5. The van der Waals surface area contributed by atoms with Crippen molar-refractivity contribution in [2.24, 2.45) is 11.8 Å². The first-order chi connectivity index (χ1) is 16.1. The molecule has 1 unspecified atom stereocenters. The Kier molecular flexibility index (Phi) is 7.97. The third-order valence-electron chi connectivity index (χ3n) is 7.16. The van der Waals surface area contributed by atoms with Gasteiger partial charge in [0.15, 0.2) is 0 Å². The fourth-order valence-electron chi connectivity index (χ4n) is 5.13. The summed E-state index contributed by atoms with van der Waals surface area (Å²) in [5, 5.41) is 3.22. The lowest BCUT2D eigenvalue weighted by molar-refractivity contribution is -0.136. The molecule has 1 N–H and O–H groups in total. The maximum Gasteiger partial charge on any atom is 0.224 e. The molecule has 1 aromatic heterocycles. The van der Waals surface area contributed by atoms with Gasteiger partial charge in [-0.3, -0.25) is 14.6 Å².